The van der Waals surface area contributed by atoms with Gasteiger partial charge in [0.15, 0.2) is 0 Å². The van der Waals surface area contributed by atoms with E-state index in [-0.39, 0.29) is 20.8 Å². The van der Waals surface area contributed by atoms with Gasteiger partial charge in [-0.15, -0.1) is 0 Å². The van der Waals surface area contributed by atoms with Gasteiger partial charge in [0, 0.05) is 23.8 Å². The van der Waals surface area contributed by atoms with Crippen LogP contribution in [0.5, 0.6) is 0 Å². The van der Waals surface area contributed by atoms with Crippen LogP contribution in [0.25, 0.3) is 10.9 Å². The van der Waals surface area contributed by atoms with Crippen LogP contribution in [0.15, 0.2) is 65.7 Å². The zero-order valence-electron chi connectivity index (χ0n) is 17.3. The van der Waals surface area contributed by atoms with E-state index in [9.17, 15) is 12.8 Å². The van der Waals surface area contributed by atoms with Crippen molar-refractivity contribution in [1.82, 2.24) is 9.29 Å². The molecule has 0 spiro atoms. The lowest BCUT2D eigenvalue weighted by atomic mass is 10.1. The summed E-state index contributed by atoms with van der Waals surface area (Å²) in [5, 5.41) is 7.26. The number of nitrogens with one attached hydrogen (secondary N) is 2. The van der Waals surface area contributed by atoms with Crippen LogP contribution in [-0.4, -0.2) is 19.4 Å². The first-order valence-electron chi connectivity index (χ1n) is 9.73. The Hall–Kier alpha value is -2.58. The minimum absolute atomic E-state index is 0.0164. The number of halogens is 3. The smallest absolute Gasteiger partial charge is 0.268 e. The number of aromatic nitrogens is 1. The molecule has 0 fully saturated rings. The normalized spacial score (nSPS) is 11.8. The Morgan fingerprint density at radius 3 is 2.47 bits per heavy atom. The Morgan fingerprint density at radius 2 is 1.78 bits per heavy atom. The second-order valence-electron chi connectivity index (χ2n) is 7.40. The average Bonchev–Trinajstić information content (AvgIpc) is 3.11. The van der Waals surface area contributed by atoms with E-state index < -0.39 is 10.0 Å². The summed E-state index contributed by atoms with van der Waals surface area (Å²) in [6, 6.07) is 14.4. The molecule has 1 heterocycles. The van der Waals surface area contributed by atoms with E-state index >= 15 is 0 Å². The van der Waals surface area contributed by atoms with Gasteiger partial charge in [-0.25, -0.2) is 16.8 Å². The maximum Gasteiger partial charge on any atom is 0.268 e. The number of nitrogens with zero attached hydrogens (tertiary/aromatic N) is 1. The van der Waals surface area contributed by atoms with Gasteiger partial charge in [-0.05, 0) is 67.6 Å². The monoisotopic (exact) mass is 491 g/mol. The summed E-state index contributed by atoms with van der Waals surface area (Å²) in [7, 11) is -2.18. The molecule has 4 aromatic rings. The Bertz CT molecular complexity index is 1430. The standard InChI is InChI=1S/C23H20Cl2FN3O2S/c1-14-3-8-22(21(26)9-14)28-16-4-6-18-15(12-27-2)13-29(23(18)10-16)32(30,31)17-5-7-19(24)20(25)11-17/h3-11,13,27-28H,12H2,1-2H3. The van der Waals surface area contributed by atoms with Crippen LogP contribution in [-0.2, 0) is 16.6 Å². The number of benzene rings is 3. The molecule has 0 radical (unpaired) electrons. The predicted octanol–water partition coefficient (Wildman–Crippen LogP) is 6.10. The molecule has 2 N–H and O–H groups in total. The Balaban J connectivity index is 1.85. The molecular formula is C23H20Cl2FN3O2S. The summed E-state index contributed by atoms with van der Waals surface area (Å²) < 4.78 is 42.4. The maximum absolute atomic E-state index is 14.3. The number of fused-ring (bicyclic) bond motifs is 1. The third kappa shape index (κ3) is 4.21. The van der Waals surface area contributed by atoms with Crippen LogP contribution in [0, 0.1) is 12.7 Å². The first-order chi connectivity index (χ1) is 15.2. The fourth-order valence-electron chi connectivity index (χ4n) is 3.50. The molecule has 0 saturated carbocycles. The molecule has 0 aliphatic rings. The van der Waals surface area contributed by atoms with Crippen molar-refractivity contribution < 1.29 is 12.8 Å². The highest BCUT2D eigenvalue weighted by Gasteiger charge is 2.22. The predicted molar refractivity (Wildman–Crippen MR) is 128 cm³/mol. The first kappa shape index (κ1) is 22.6. The molecule has 0 amide bonds. The van der Waals surface area contributed by atoms with Gasteiger partial charge >= 0.3 is 0 Å². The van der Waals surface area contributed by atoms with Gasteiger partial charge in [0.25, 0.3) is 10.0 Å². The number of hydrogen-bond donors (Lipinski definition) is 2. The fraction of sp³-hybridized carbons (Fsp3) is 0.130. The molecule has 1 aromatic heterocycles. The molecule has 0 aliphatic carbocycles. The van der Waals surface area contributed by atoms with Gasteiger partial charge in [0.1, 0.15) is 5.82 Å². The molecule has 0 saturated heterocycles. The van der Waals surface area contributed by atoms with Gasteiger partial charge in [-0.1, -0.05) is 35.3 Å². The largest absolute Gasteiger partial charge is 0.353 e. The van der Waals surface area contributed by atoms with E-state index in [0.29, 0.717) is 23.4 Å². The molecule has 0 atom stereocenters. The lowest BCUT2D eigenvalue weighted by molar-refractivity contribution is 0.589. The van der Waals surface area contributed by atoms with E-state index in [1.54, 1.807) is 37.5 Å². The Labute approximate surface area is 195 Å². The van der Waals surface area contributed by atoms with Crippen molar-refractivity contribution in [2.45, 2.75) is 18.4 Å². The minimum Gasteiger partial charge on any atom is -0.353 e. The number of rotatable bonds is 6. The minimum atomic E-state index is -3.96. The highest BCUT2D eigenvalue weighted by molar-refractivity contribution is 7.90. The van der Waals surface area contributed by atoms with Crippen LogP contribution < -0.4 is 10.6 Å². The molecule has 0 aliphatic heterocycles. The highest BCUT2D eigenvalue weighted by atomic mass is 35.5. The molecular weight excluding hydrogens is 472 g/mol. The zero-order chi connectivity index (χ0) is 23.0. The van der Waals surface area contributed by atoms with Crippen molar-refractivity contribution in [3.8, 4) is 0 Å². The second-order valence-corrected chi connectivity index (χ2v) is 10.0. The molecule has 0 bridgehead atoms. The van der Waals surface area contributed by atoms with E-state index in [0.717, 1.165) is 16.5 Å². The first-order valence-corrected chi connectivity index (χ1v) is 11.9. The van der Waals surface area contributed by atoms with Gasteiger partial charge in [0.05, 0.1) is 26.1 Å². The van der Waals surface area contributed by atoms with Gasteiger partial charge < -0.3 is 10.6 Å². The molecule has 0 unspecified atom stereocenters. The van der Waals surface area contributed by atoms with Crippen LogP contribution >= 0.6 is 23.2 Å². The molecule has 32 heavy (non-hydrogen) atoms. The molecule has 5 nitrogen and oxygen atoms in total. The summed E-state index contributed by atoms with van der Waals surface area (Å²) in [6.07, 6.45) is 1.58. The second kappa shape index (κ2) is 8.75. The number of aryl methyl sites for hydroxylation is 1. The lowest BCUT2D eigenvalue weighted by Crippen LogP contribution is -2.12. The van der Waals surface area contributed by atoms with Crippen molar-refractivity contribution in [3.63, 3.8) is 0 Å². The summed E-state index contributed by atoms with van der Waals surface area (Å²) in [6.45, 7) is 2.28. The third-order valence-electron chi connectivity index (χ3n) is 5.07. The maximum atomic E-state index is 14.3. The summed E-state index contributed by atoms with van der Waals surface area (Å²) in [4.78, 5) is 0.0164. The molecule has 9 heteroatoms. The third-order valence-corrected chi connectivity index (χ3v) is 7.48. The molecule has 4 rings (SSSR count). The quantitative estimate of drug-likeness (QED) is 0.342. The number of anilines is 2. The highest BCUT2D eigenvalue weighted by Crippen LogP contribution is 2.32. The average molecular weight is 492 g/mol. The van der Waals surface area contributed by atoms with Crippen molar-refractivity contribution in [3.05, 3.63) is 87.8 Å². The van der Waals surface area contributed by atoms with Crippen molar-refractivity contribution in [2.24, 2.45) is 0 Å². The van der Waals surface area contributed by atoms with Gasteiger partial charge in [-0.3, -0.25) is 0 Å². The number of hydrogen-bond acceptors (Lipinski definition) is 4. The summed E-state index contributed by atoms with van der Waals surface area (Å²) in [5.74, 6) is -0.389. The Kier molecular flexibility index (Phi) is 6.18. The summed E-state index contributed by atoms with van der Waals surface area (Å²) in [5.41, 5.74) is 2.93. The van der Waals surface area contributed by atoms with Crippen LogP contribution in [0.2, 0.25) is 10.0 Å². The summed E-state index contributed by atoms with van der Waals surface area (Å²) >= 11 is 12.0. The van der Waals surface area contributed by atoms with E-state index in [1.165, 1.54) is 28.2 Å². The Morgan fingerprint density at radius 1 is 1.00 bits per heavy atom. The topological polar surface area (TPSA) is 63.1 Å². The molecule has 166 valence electrons. The van der Waals surface area contributed by atoms with Crippen LogP contribution in [0.1, 0.15) is 11.1 Å². The van der Waals surface area contributed by atoms with E-state index in [4.69, 9.17) is 23.2 Å². The van der Waals surface area contributed by atoms with Crippen molar-refractivity contribution in [2.75, 3.05) is 12.4 Å². The van der Waals surface area contributed by atoms with E-state index in [2.05, 4.69) is 10.6 Å². The zero-order valence-corrected chi connectivity index (χ0v) is 19.6. The lowest BCUT2D eigenvalue weighted by Gasteiger charge is -2.11. The van der Waals surface area contributed by atoms with Crippen molar-refractivity contribution in [1.29, 1.82) is 0 Å². The van der Waals surface area contributed by atoms with Crippen LogP contribution in [0.4, 0.5) is 15.8 Å². The molecule has 3 aromatic carbocycles. The van der Waals surface area contributed by atoms with E-state index in [1.807, 2.05) is 13.0 Å². The van der Waals surface area contributed by atoms with Gasteiger partial charge in [0.2, 0.25) is 0 Å². The van der Waals surface area contributed by atoms with Crippen molar-refractivity contribution >= 4 is 55.5 Å². The fourth-order valence-corrected chi connectivity index (χ4v) is 5.27. The van der Waals surface area contributed by atoms with Crippen LogP contribution in [0.3, 0.4) is 0 Å². The SMILES string of the molecule is CNCc1cn(S(=O)(=O)c2ccc(Cl)c(Cl)c2)c2cc(Nc3ccc(C)cc3F)ccc12. The van der Waals surface area contributed by atoms with Gasteiger partial charge in [-0.2, -0.15) is 0 Å².